The van der Waals surface area contributed by atoms with Gasteiger partial charge in [-0.2, -0.15) is 0 Å². The van der Waals surface area contributed by atoms with Gasteiger partial charge in [0.25, 0.3) is 0 Å². The van der Waals surface area contributed by atoms with Crippen molar-refractivity contribution < 1.29 is 19.1 Å². The Morgan fingerprint density at radius 1 is 1.11 bits per heavy atom. The summed E-state index contributed by atoms with van der Waals surface area (Å²) in [7, 11) is 4.61. The SMILES string of the molecule is CO/N=C1/CCCc2c(ccc(OC)c2OC)C1=O. The second kappa shape index (κ2) is 5.73. The summed E-state index contributed by atoms with van der Waals surface area (Å²) in [5.74, 6) is 1.17. The fourth-order valence-electron chi connectivity index (χ4n) is 2.35. The van der Waals surface area contributed by atoms with Gasteiger partial charge < -0.3 is 14.3 Å². The number of ether oxygens (including phenoxy) is 2. The van der Waals surface area contributed by atoms with E-state index in [1.165, 1.54) is 7.11 Å². The van der Waals surface area contributed by atoms with Crippen molar-refractivity contribution in [3.05, 3.63) is 23.3 Å². The van der Waals surface area contributed by atoms with Gasteiger partial charge in [-0.15, -0.1) is 0 Å². The van der Waals surface area contributed by atoms with E-state index in [0.717, 1.165) is 18.4 Å². The number of benzene rings is 1. The summed E-state index contributed by atoms with van der Waals surface area (Å²) in [4.78, 5) is 17.1. The van der Waals surface area contributed by atoms with E-state index in [2.05, 4.69) is 5.16 Å². The minimum atomic E-state index is -0.102. The third kappa shape index (κ3) is 2.41. The Kier molecular flexibility index (Phi) is 4.04. The molecule has 102 valence electrons. The summed E-state index contributed by atoms with van der Waals surface area (Å²) in [6.45, 7) is 0. The molecular weight excluding hydrogens is 246 g/mol. The topological polar surface area (TPSA) is 57.1 Å². The number of hydrogen-bond acceptors (Lipinski definition) is 5. The number of oxime groups is 1. The summed E-state index contributed by atoms with van der Waals surface area (Å²) in [6, 6.07) is 3.50. The van der Waals surface area contributed by atoms with Crippen LogP contribution in [0.3, 0.4) is 0 Å². The van der Waals surface area contributed by atoms with E-state index in [1.807, 2.05) is 0 Å². The van der Waals surface area contributed by atoms with Crippen LogP contribution in [0.5, 0.6) is 11.5 Å². The van der Waals surface area contributed by atoms with Crippen molar-refractivity contribution >= 4 is 11.5 Å². The van der Waals surface area contributed by atoms with Crippen LogP contribution in [0, 0.1) is 0 Å². The number of Topliss-reactive ketones (excluding diaryl/α,β-unsaturated/α-hetero) is 1. The van der Waals surface area contributed by atoms with E-state index in [9.17, 15) is 4.79 Å². The summed E-state index contributed by atoms with van der Waals surface area (Å²) in [6.07, 6.45) is 2.18. The van der Waals surface area contributed by atoms with Crippen LogP contribution >= 0.6 is 0 Å². The molecule has 19 heavy (non-hydrogen) atoms. The lowest BCUT2D eigenvalue weighted by Crippen LogP contribution is -2.14. The Balaban J connectivity index is 2.55. The van der Waals surface area contributed by atoms with Crippen molar-refractivity contribution in [1.82, 2.24) is 0 Å². The molecule has 1 aliphatic rings. The molecule has 1 aliphatic carbocycles. The Morgan fingerprint density at radius 3 is 2.53 bits per heavy atom. The first-order chi connectivity index (χ1) is 9.22. The monoisotopic (exact) mass is 263 g/mol. The highest BCUT2D eigenvalue weighted by atomic mass is 16.6. The fourth-order valence-corrected chi connectivity index (χ4v) is 2.35. The van der Waals surface area contributed by atoms with Crippen molar-refractivity contribution in [2.24, 2.45) is 5.16 Å². The van der Waals surface area contributed by atoms with Crippen LogP contribution in [-0.2, 0) is 11.3 Å². The third-order valence-electron chi connectivity index (χ3n) is 3.20. The first-order valence-electron chi connectivity index (χ1n) is 6.11. The number of fused-ring (bicyclic) bond motifs is 1. The van der Waals surface area contributed by atoms with E-state index in [1.54, 1.807) is 26.4 Å². The predicted octanol–water partition coefficient (Wildman–Crippen LogP) is 2.23. The van der Waals surface area contributed by atoms with Crippen LogP contribution in [0.2, 0.25) is 0 Å². The van der Waals surface area contributed by atoms with E-state index in [0.29, 0.717) is 29.2 Å². The molecule has 0 radical (unpaired) electrons. The lowest BCUT2D eigenvalue weighted by atomic mass is 10.00. The van der Waals surface area contributed by atoms with Crippen molar-refractivity contribution in [3.8, 4) is 11.5 Å². The summed E-state index contributed by atoms with van der Waals surface area (Å²) in [5.41, 5.74) is 1.95. The van der Waals surface area contributed by atoms with Crippen LogP contribution < -0.4 is 9.47 Å². The second-order valence-corrected chi connectivity index (χ2v) is 4.23. The Morgan fingerprint density at radius 2 is 1.89 bits per heavy atom. The van der Waals surface area contributed by atoms with E-state index in [-0.39, 0.29) is 5.78 Å². The maximum Gasteiger partial charge on any atom is 0.210 e. The maximum atomic E-state index is 12.4. The molecule has 0 aliphatic heterocycles. The van der Waals surface area contributed by atoms with Gasteiger partial charge in [0.05, 0.1) is 14.2 Å². The normalized spacial score (nSPS) is 16.8. The standard InChI is InChI=1S/C14H17NO4/c1-17-12-8-7-9-10(14(12)18-2)5-4-6-11(13(9)16)15-19-3/h7-8H,4-6H2,1-3H3/b15-11-. The Labute approximate surface area is 112 Å². The predicted molar refractivity (Wildman–Crippen MR) is 71.3 cm³/mol. The van der Waals surface area contributed by atoms with Crippen molar-refractivity contribution in [3.63, 3.8) is 0 Å². The molecule has 0 unspecified atom stereocenters. The molecule has 2 rings (SSSR count). The number of carbonyl (C=O) groups excluding carboxylic acids is 1. The molecule has 0 saturated heterocycles. The third-order valence-corrected chi connectivity index (χ3v) is 3.20. The number of hydrogen-bond donors (Lipinski definition) is 0. The molecule has 5 nitrogen and oxygen atoms in total. The zero-order valence-corrected chi connectivity index (χ0v) is 11.4. The smallest absolute Gasteiger partial charge is 0.210 e. The van der Waals surface area contributed by atoms with Gasteiger partial charge in [0.15, 0.2) is 11.5 Å². The number of nitrogens with zero attached hydrogens (tertiary/aromatic N) is 1. The first kappa shape index (κ1) is 13.4. The fraction of sp³-hybridized carbons (Fsp3) is 0.429. The largest absolute Gasteiger partial charge is 0.493 e. The molecule has 0 fully saturated rings. The molecule has 0 spiro atoms. The van der Waals surface area contributed by atoms with Gasteiger partial charge in [-0.1, -0.05) is 5.16 Å². The Bertz CT molecular complexity index is 522. The zero-order chi connectivity index (χ0) is 13.8. The highest BCUT2D eigenvalue weighted by molar-refractivity contribution is 6.46. The van der Waals surface area contributed by atoms with E-state index < -0.39 is 0 Å². The van der Waals surface area contributed by atoms with Gasteiger partial charge in [0.2, 0.25) is 5.78 Å². The van der Waals surface area contributed by atoms with E-state index in [4.69, 9.17) is 14.3 Å². The summed E-state index contributed by atoms with van der Waals surface area (Å²) < 4.78 is 10.6. The quantitative estimate of drug-likeness (QED) is 0.620. The minimum absolute atomic E-state index is 0.102. The molecule has 1 aromatic carbocycles. The van der Waals surface area contributed by atoms with Crippen LogP contribution in [0.4, 0.5) is 0 Å². The van der Waals surface area contributed by atoms with Crippen LogP contribution in [0.25, 0.3) is 0 Å². The lowest BCUT2D eigenvalue weighted by Gasteiger charge is -2.14. The molecular formula is C14H17NO4. The highest BCUT2D eigenvalue weighted by Gasteiger charge is 2.26. The molecule has 1 aromatic rings. The first-order valence-corrected chi connectivity index (χ1v) is 6.11. The number of methoxy groups -OCH3 is 2. The average molecular weight is 263 g/mol. The maximum absolute atomic E-state index is 12.4. The molecule has 0 atom stereocenters. The number of ketones is 1. The van der Waals surface area contributed by atoms with Crippen molar-refractivity contribution in [2.75, 3.05) is 21.3 Å². The summed E-state index contributed by atoms with van der Waals surface area (Å²) in [5, 5.41) is 3.82. The molecule has 5 heteroatoms. The molecule has 0 heterocycles. The molecule has 0 bridgehead atoms. The molecule has 0 N–H and O–H groups in total. The van der Waals surface area contributed by atoms with Gasteiger partial charge in [-0.25, -0.2) is 0 Å². The van der Waals surface area contributed by atoms with Crippen molar-refractivity contribution in [2.45, 2.75) is 19.3 Å². The van der Waals surface area contributed by atoms with Crippen molar-refractivity contribution in [1.29, 1.82) is 0 Å². The highest BCUT2D eigenvalue weighted by Crippen LogP contribution is 2.36. The van der Waals surface area contributed by atoms with E-state index >= 15 is 0 Å². The van der Waals surface area contributed by atoms with Crippen LogP contribution in [0.15, 0.2) is 17.3 Å². The summed E-state index contributed by atoms with van der Waals surface area (Å²) >= 11 is 0. The van der Waals surface area contributed by atoms with Crippen LogP contribution in [0.1, 0.15) is 28.8 Å². The second-order valence-electron chi connectivity index (χ2n) is 4.23. The Hall–Kier alpha value is -2.04. The van der Waals surface area contributed by atoms with Gasteiger partial charge in [0, 0.05) is 11.1 Å². The number of carbonyl (C=O) groups is 1. The van der Waals surface area contributed by atoms with Gasteiger partial charge in [0.1, 0.15) is 12.8 Å². The zero-order valence-electron chi connectivity index (χ0n) is 11.4. The molecule has 0 amide bonds. The van der Waals surface area contributed by atoms with Gasteiger partial charge in [-0.05, 0) is 31.4 Å². The average Bonchev–Trinajstić information content (AvgIpc) is 2.59. The molecule has 0 saturated carbocycles. The van der Waals surface area contributed by atoms with Gasteiger partial charge >= 0.3 is 0 Å². The van der Waals surface area contributed by atoms with Gasteiger partial charge in [-0.3, -0.25) is 4.79 Å². The molecule has 0 aromatic heterocycles. The lowest BCUT2D eigenvalue weighted by molar-refractivity contribution is 0.105. The minimum Gasteiger partial charge on any atom is -0.493 e. The number of rotatable bonds is 3. The van der Waals surface area contributed by atoms with Crippen LogP contribution in [-0.4, -0.2) is 32.8 Å².